The van der Waals surface area contributed by atoms with Crippen molar-refractivity contribution in [1.29, 1.82) is 0 Å². The standard InChI is InChI=1S/C27H16ClFN4O3S/c28-26-30-16-22(29)23(31-26)36-20-13-11-17(12-14-20)15-21-24(34)32(18-7-3-1-4-8-18)27(37)33(25(21)35)19-9-5-2-6-10-19/h1-16H. The van der Waals surface area contributed by atoms with Gasteiger partial charge in [-0.15, -0.1) is 0 Å². The lowest BCUT2D eigenvalue weighted by Gasteiger charge is -2.36. The van der Waals surface area contributed by atoms with Crippen LogP contribution in [0.4, 0.5) is 15.8 Å². The number of anilines is 2. The van der Waals surface area contributed by atoms with Crippen molar-refractivity contribution in [2.75, 3.05) is 9.80 Å². The quantitative estimate of drug-likeness (QED) is 0.140. The summed E-state index contributed by atoms with van der Waals surface area (Å²) in [6, 6.07) is 24.1. The number of nitrogens with zero attached hydrogens (tertiary/aromatic N) is 4. The van der Waals surface area contributed by atoms with Crippen molar-refractivity contribution >= 4 is 58.2 Å². The molecule has 0 bridgehead atoms. The largest absolute Gasteiger partial charge is 0.436 e. The lowest BCUT2D eigenvalue weighted by molar-refractivity contribution is -0.120. The maximum atomic E-state index is 13.9. The minimum Gasteiger partial charge on any atom is -0.436 e. The van der Waals surface area contributed by atoms with Crippen molar-refractivity contribution in [1.82, 2.24) is 9.97 Å². The number of aromatic nitrogens is 2. The summed E-state index contributed by atoms with van der Waals surface area (Å²) in [6.07, 6.45) is 2.38. The van der Waals surface area contributed by atoms with E-state index in [4.69, 9.17) is 28.6 Å². The van der Waals surface area contributed by atoms with Gasteiger partial charge in [0.05, 0.1) is 17.6 Å². The highest BCUT2D eigenvalue weighted by Crippen LogP contribution is 2.30. The molecular formula is C27H16ClFN4O3S. The molecule has 1 fully saturated rings. The predicted octanol–water partition coefficient (Wildman–Crippen LogP) is 5.81. The Balaban J connectivity index is 1.50. The van der Waals surface area contributed by atoms with Crippen molar-refractivity contribution in [3.05, 3.63) is 113 Å². The van der Waals surface area contributed by atoms with Crippen LogP contribution in [0.15, 0.2) is 96.7 Å². The summed E-state index contributed by atoms with van der Waals surface area (Å²) in [6.45, 7) is 0. The van der Waals surface area contributed by atoms with Crippen molar-refractivity contribution in [3.8, 4) is 11.6 Å². The zero-order valence-electron chi connectivity index (χ0n) is 18.9. The Morgan fingerprint density at radius 2 is 1.38 bits per heavy atom. The summed E-state index contributed by atoms with van der Waals surface area (Å²) in [7, 11) is 0. The SMILES string of the molecule is O=C1C(=Cc2ccc(Oc3nc(Cl)ncc3F)cc2)C(=O)N(c2ccccc2)C(=S)N1c1ccccc1. The van der Waals surface area contributed by atoms with Gasteiger partial charge in [0.25, 0.3) is 17.7 Å². The van der Waals surface area contributed by atoms with E-state index < -0.39 is 17.6 Å². The lowest BCUT2D eigenvalue weighted by atomic mass is 10.0. The Hall–Kier alpha value is -4.47. The predicted molar refractivity (Wildman–Crippen MR) is 142 cm³/mol. The summed E-state index contributed by atoms with van der Waals surface area (Å²) >= 11 is 11.3. The second-order valence-electron chi connectivity index (χ2n) is 7.76. The van der Waals surface area contributed by atoms with Gasteiger partial charge in [0.15, 0.2) is 5.11 Å². The van der Waals surface area contributed by atoms with Gasteiger partial charge in [-0.2, -0.15) is 9.37 Å². The number of rotatable bonds is 5. The summed E-state index contributed by atoms with van der Waals surface area (Å²) in [5.41, 5.74) is 1.53. The molecule has 0 unspecified atom stereocenters. The van der Waals surface area contributed by atoms with Crippen LogP contribution >= 0.6 is 23.8 Å². The van der Waals surface area contributed by atoms with Crippen LogP contribution < -0.4 is 14.5 Å². The highest BCUT2D eigenvalue weighted by Gasteiger charge is 2.41. The molecule has 1 aromatic heterocycles. The molecule has 182 valence electrons. The van der Waals surface area contributed by atoms with Crippen LogP contribution in [0, 0.1) is 5.82 Å². The molecule has 0 saturated carbocycles. The molecule has 7 nitrogen and oxygen atoms in total. The molecule has 37 heavy (non-hydrogen) atoms. The highest BCUT2D eigenvalue weighted by atomic mass is 35.5. The Morgan fingerprint density at radius 1 is 0.838 bits per heavy atom. The van der Waals surface area contributed by atoms with Gasteiger partial charge in [-0.25, -0.2) is 4.98 Å². The number of carbonyl (C=O) groups is 2. The molecule has 5 rings (SSSR count). The minimum absolute atomic E-state index is 0.0545. The van der Waals surface area contributed by atoms with Gasteiger partial charge in [0.1, 0.15) is 11.3 Å². The molecule has 0 spiro atoms. The molecule has 1 aliphatic rings. The van der Waals surface area contributed by atoms with Gasteiger partial charge in [0.2, 0.25) is 11.1 Å². The van der Waals surface area contributed by atoms with Crippen molar-refractivity contribution in [3.63, 3.8) is 0 Å². The Bertz CT molecular complexity index is 1470. The first-order valence-corrected chi connectivity index (χ1v) is 11.7. The van der Waals surface area contributed by atoms with E-state index in [0.717, 1.165) is 6.20 Å². The number of hydrogen-bond donors (Lipinski definition) is 0. The molecule has 4 aromatic rings. The fraction of sp³-hybridized carbons (Fsp3) is 0. The van der Waals surface area contributed by atoms with Crippen molar-refractivity contribution in [2.24, 2.45) is 0 Å². The van der Waals surface area contributed by atoms with Crippen molar-refractivity contribution < 1.29 is 18.7 Å². The van der Waals surface area contributed by atoms with Crippen LogP contribution in [-0.4, -0.2) is 26.9 Å². The zero-order valence-corrected chi connectivity index (χ0v) is 20.5. The second kappa shape index (κ2) is 10.3. The van der Waals surface area contributed by atoms with Crippen LogP contribution in [0.25, 0.3) is 6.08 Å². The molecule has 1 saturated heterocycles. The molecule has 1 aliphatic heterocycles. The van der Waals surface area contributed by atoms with E-state index in [9.17, 15) is 14.0 Å². The maximum Gasteiger partial charge on any atom is 0.270 e. The average Bonchev–Trinajstić information content (AvgIpc) is 2.91. The number of para-hydroxylation sites is 2. The zero-order chi connectivity index (χ0) is 25.9. The molecule has 10 heteroatoms. The molecule has 2 heterocycles. The van der Waals surface area contributed by atoms with E-state index >= 15 is 0 Å². The third kappa shape index (κ3) is 4.95. The second-order valence-corrected chi connectivity index (χ2v) is 8.46. The van der Waals surface area contributed by atoms with E-state index in [1.807, 2.05) is 12.1 Å². The highest BCUT2D eigenvalue weighted by molar-refractivity contribution is 7.81. The normalized spacial score (nSPS) is 13.7. The third-order valence-corrected chi connectivity index (χ3v) is 5.91. The first-order valence-electron chi connectivity index (χ1n) is 10.9. The molecule has 2 amide bonds. The van der Waals surface area contributed by atoms with Crippen LogP contribution in [-0.2, 0) is 9.59 Å². The first kappa shape index (κ1) is 24.2. The van der Waals surface area contributed by atoms with Crippen LogP contribution in [0.1, 0.15) is 5.56 Å². The minimum atomic E-state index is -0.771. The summed E-state index contributed by atoms with van der Waals surface area (Å²) in [5, 5.41) is -0.102. The monoisotopic (exact) mass is 530 g/mol. The van der Waals surface area contributed by atoms with Gasteiger partial charge in [-0.3, -0.25) is 19.4 Å². The summed E-state index contributed by atoms with van der Waals surface area (Å²) in [5.74, 6) is -1.92. The molecular weight excluding hydrogens is 515 g/mol. The lowest BCUT2D eigenvalue weighted by Crippen LogP contribution is -2.56. The fourth-order valence-electron chi connectivity index (χ4n) is 3.65. The average molecular weight is 531 g/mol. The Kier molecular flexibility index (Phi) is 6.72. The maximum absolute atomic E-state index is 13.9. The van der Waals surface area contributed by atoms with E-state index in [1.165, 1.54) is 15.9 Å². The van der Waals surface area contributed by atoms with Gasteiger partial charge < -0.3 is 4.74 Å². The number of hydrogen-bond acceptors (Lipinski definition) is 6. The van der Waals surface area contributed by atoms with Gasteiger partial charge in [-0.1, -0.05) is 48.5 Å². The van der Waals surface area contributed by atoms with Crippen LogP contribution in [0.5, 0.6) is 11.6 Å². The van der Waals surface area contributed by atoms with Crippen molar-refractivity contribution in [2.45, 2.75) is 0 Å². The Morgan fingerprint density at radius 3 is 1.92 bits per heavy atom. The van der Waals surface area contributed by atoms with Gasteiger partial charge in [0, 0.05) is 0 Å². The molecule has 0 aliphatic carbocycles. The number of benzene rings is 3. The molecule has 0 atom stereocenters. The van der Waals surface area contributed by atoms with E-state index in [-0.39, 0.29) is 27.6 Å². The molecule has 0 N–H and O–H groups in total. The summed E-state index contributed by atoms with van der Waals surface area (Å²) < 4.78 is 19.3. The summed E-state index contributed by atoms with van der Waals surface area (Å²) in [4.78, 5) is 37.0. The molecule has 3 aromatic carbocycles. The number of halogens is 2. The smallest absolute Gasteiger partial charge is 0.270 e. The van der Waals surface area contributed by atoms with Gasteiger partial charge in [-0.05, 0) is 71.9 Å². The number of ether oxygens (including phenoxy) is 1. The molecule has 0 radical (unpaired) electrons. The number of thiocarbonyl (C=S) groups is 1. The topological polar surface area (TPSA) is 75.6 Å². The number of carbonyl (C=O) groups excluding carboxylic acids is 2. The fourth-order valence-corrected chi connectivity index (χ4v) is 4.15. The first-order chi connectivity index (χ1) is 17.9. The van der Waals surface area contributed by atoms with Crippen LogP contribution in [0.2, 0.25) is 5.28 Å². The van der Waals surface area contributed by atoms with E-state index in [0.29, 0.717) is 16.9 Å². The van der Waals surface area contributed by atoms with E-state index in [2.05, 4.69) is 9.97 Å². The third-order valence-electron chi connectivity index (χ3n) is 5.37. The number of amides is 2. The van der Waals surface area contributed by atoms with Crippen LogP contribution in [0.3, 0.4) is 0 Å². The Labute approximate surface area is 221 Å². The van der Waals surface area contributed by atoms with Gasteiger partial charge >= 0.3 is 0 Å². The van der Waals surface area contributed by atoms with E-state index in [1.54, 1.807) is 72.8 Å².